The number of amides is 3. The molecule has 4 N–H and O–H groups in total. The van der Waals surface area contributed by atoms with Gasteiger partial charge in [-0.15, -0.1) is 0 Å². The summed E-state index contributed by atoms with van der Waals surface area (Å²) in [6.07, 6.45) is 0.157. The van der Waals surface area contributed by atoms with Crippen LogP contribution in [0.1, 0.15) is 11.1 Å². The molecule has 9 nitrogen and oxygen atoms in total. The maximum Gasteiger partial charge on any atom is 0.335 e. The molecule has 10 heteroatoms. The van der Waals surface area contributed by atoms with Crippen LogP contribution in [0.4, 0.5) is 4.79 Å². The molecular formula is C20H19ClN4O5. The monoisotopic (exact) mass is 430 g/mol. The van der Waals surface area contributed by atoms with Crippen LogP contribution < -0.4 is 20.8 Å². The molecule has 0 fully saturated rings. The predicted octanol–water partition coefficient (Wildman–Crippen LogP) is 1.55. The van der Waals surface area contributed by atoms with Crippen molar-refractivity contribution in [1.82, 2.24) is 16.1 Å². The van der Waals surface area contributed by atoms with Crippen molar-refractivity contribution in [3.63, 3.8) is 0 Å². The Balaban J connectivity index is 1.57. The zero-order valence-corrected chi connectivity index (χ0v) is 16.5. The lowest BCUT2D eigenvalue weighted by Crippen LogP contribution is -2.44. The molecule has 2 aromatic carbocycles. The van der Waals surface area contributed by atoms with Gasteiger partial charge in [-0.3, -0.25) is 4.79 Å². The van der Waals surface area contributed by atoms with E-state index in [0.29, 0.717) is 11.3 Å². The SMILES string of the molecule is O=C(COc1ccc(C2=NNC(=O)NC2)cc1Cl)N[C@@H](Cc1ccccc1)C(=O)O. The number of hydrogen-bond acceptors (Lipinski definition) is 5. The highest BCUT2D eigenvalue weighted by atomic mass is 35.5. The summed E-state index contributed by atoms with van der Waals surface area (Å²) >= 11 is 6.21. The summed E-state index contributed by atoms with van der Waals surface area (Å²) in [6.45, 7) is -0.140. The van der Waals surface area contributed by atoms with Gasteiger partial charge < -0.3 is 20.5 Å². The predicted molar refractivity (Wildman–Crippen MR) is 110 cm³/mol. The number of halogens is 1. The third kappa shape index (κ3) is 5.71. The number of hydrazone groups is 1. The van der Waals surface area contributed by atoms with Crippen molar-refractivity contribution in [2.24, 2.45) is 5.10 Å². The highest BCUT2D eigenvalue weighted by Crippen LogP contribution is 2.26. The molecule has 30 heavy (non-hydrogen) atoms. The molecule has 2 aromatic rings. The van der Waals surface area contributed by atoms with Crippen molar-refractivity contribution in [3.8, 4) is 5.75 Å². The van der Waals surface area contributed by atoms with Gasteiger partial charge in [0.25, 0.3) is 5.91 Å². The molecule has 0 aromatic heterocycles. The molecule has 1 atom stereocenters. The van der Waals surface area contributed by atoms with Gasteiger partial charge in [-0.25, -0.2) is 15.0 Å². The van der Waals surface area contributed by atoms with Crippen LogP contribution in [-0.4, -0.2) is 47.9 Å². The van der Waals surface area contributed by atoms with Gasteiger partial charge in [0.1, 0.15) is 11.8 Å². The Bertz CT molecular complexity index is 980. The molecule has 0 spiro atoms. The number of rotatable bonds is 8. The van der Waals surface area contributed by atoms with Gasteiger partial charge in [0, 0.05) is 12.0 Å². The lowest BCUT2D eigenvalue weighted by molar-refractivity contribution is -0.142. The first-order valence-electron chi connectivity index (χ1n) is 9.01. The fourth-order valence-corrected chi connectivity index (χ4v) is 2.99. The number of ether oxygens (including phenoxy) is 1. The van der Waals surface area contributed by atoms with E-state index in [1.165, 1.54) is 0 Å². The van der Waals surface area contributed by atoms with Crippen molar-refractivity contribution >= 4 is 35.2 Å². The lowest BCUT2D eigenvalue weighted by atomic mass is 10.1. The summed E-state index contributed by atoms with van der Waals surface area (Å²) in [4.78, 5) is 34.7. The van der Waals surface area contributed by atoms with Crippen LogP contribution >= 0.6 is 11.6 Å². The first kappa shape index (κ1) is 21.1. The Labute approximate surface area is 177 Å². The number of nitrogens with one attached hydrogen (secondary N) is 3. The fourth-order valence-electron chi connectivity index (χ4n) is 2.75. The summed E-state index contributed by atoms with van der Waals surface area (Å²) in [6, 6.07) is 12.4. The van der Waals surface area contributed by atoms with E-state index in [4.69, 9.17) is 16.3 Å². The maximum absolute atomic E-state index is 12.2. The molecular weight excluding hydrogens is 412 g/mol. The number of carboxylic acid groups (broad SMARTS) is 1. The second-order valence-corrected chi connectivity index (χ2v) is 6.84. The summed E-state index contributed by atoms with van der Waals surface area (Å²) in [7, 11) is 0. The maximum atomic E-state index is 12.2. The van der Waals surface area contributed by atoms with Crippen molar-refractivity contribution < 1.29 is 24.2 Å². The minimum atomic E-state index is -1.14. The van der Waals surface area contributed by atoms with E-state index in [9.17, 15) is 19.5 Å². The van der Waals surface area contributed by atoms with Gasteiger partial charge in [0.2, 0.25) is 0 Å². The summed E-state index contributed by atoms with van der Waals surface area (Å²) in [5, 5.41) is 18.6. The molecule has 156 valence electrons. The normalized spacial score (nSPS) is 14.0. The zero-order valence-electron chi connectivity index (χ0n) is 15.7. The largest absolute Gasteiger partial charge is 0.482 e. The van der Waals surface area contributed by atoms with Crippen molar-refractivity contribution in [3.05, 3.63) is 64.7 Å². The highest BCUT2D eigenvalue weighted by molar-refractivity contribution is 6.32. The van der Waals surface area contributed by atoms with Crippen LogP contribution in [0, 0.1) is 0 Å². The van der Waals surface area contributed by atoms with E-state index < -0.39 is 24.5 Å². The number of carbonyl (C=O) groups excluding carboxylic acids is 2. The average molecular weight is 431 g/mol. The summed E-state index contributed by atoms with van der Waals surface area (Å²) < 4.78 is 5.43. The van der Waals surface area contributed by atoms with Crippen molar-refractivity contribution in [1.29, 1.82) is 0 Å². The Morgan fingerprint density at radius 3 is 2.63 bits per heavy atom. The van der Waals surface area contributed by atoms with E-state index in [0.717, 1.165) is 5.56 Å². The third-order valence-corrected chi connectivity index (χ3v) is 4.54. The second kappa shape index (κ2) is 9.75. The first-order chi connectivity index (χ1) is 14.4. The number of carbonyl (C=O) groups is 3. The highest BCUT2D eigenvalue weighted by Gasteiger charge is 2.21. The molecule has 0 bridgehead atoms. The van der Waals surface area contributed by atoms with Gasteiger partial charge in [-0.2, -0.15) is 5.10 Å². The molecule has 0 radical (unpaired) electrons. The minimum Gasteiger partial charge on any atom is -0.482 e. The van der Waals surface area contributed by atoms with Gasteiger partial charge in [-0.1, -0.05) is 41.9 Å². The van der Waals surface area contributed by atoms with Gasteiger partial charge in [-0.05, 0) is 23.8 Å². The Kier molecular flexibility index (Phi) is 6.87. The standard InChI is InChI=1S/C20H19ClN4O5/c21-14-9-13(16-10-22-20(29)25-24-16)6-7-17(14)30-11-18(26)23-15(19(27)28)8-12-4-2-1-3-5-12/h1-7,9,15H,8,10-11H2,(H,23,26)(H,27,28)(H2,22,25,29)/t15-/m0/s1. The Hall–Kier alpha value is -3.59. The zero-order chi connectivity index (χ0) is 21.5. The number of urea groups is 1. The van der Waals surface area contributed by atoms with Gasteiger partial charge in [0.05, 0.1) is 17.3 Å². The molecule has 1 aliphatic rings. The number of aliphatic carboxylic acids is 1. The first-order valence-corrected chi connectivity index (χ1v) is 9.39. The molecule has 0 unspecified atom stereocenters. The van der Waals surface area contributed by atoms with Crippen molar-refractivity contribution in [2.75, 3.05) is 13.2 Å². The number of benzene rings is 2. The third-order valence-electron chi connectivity index (χ3n) is 4.25. The number of hydrogen-bond donors (Lipinski definition) is 4. The van der Waals surface area contributed by atoms with E-state index in [-0.39, 0.29) is 29.8 Å². The topological polar surface area (TPSA) is 129 Å². The number of nitrogens with zero attached hydrogens (tertiary/aromatic N) is 1. The van der Waals surface area contributed by atoms with Crippen LogP contribution in [-0.2, 0) is 16.0 Å². The lowest BCUT2D eigenvalue weighted by Gasteiger charge is -2.16. The molecule has 3 amide bonds. The van der Waals surface area contributed by atoms with Crippen LogP contribution in [0.2, 0.25) is 5.02 Å². The minimum absolute atomic E-state index is 0.157. The van der Waals surface area contributed by atoms with E-state index in [1.54, 1.807) is 42.5 Å². The van der Waals surface area contributed by atoms with E-state index in [1.807, 2.05) is 6.07 Å². The van der Waals surface area contributed by atoms with Crippen LogP contribution in [0.5, 0.6) is 5.75 Å². The number of carboxylic acids is 1. The van der Waals surface area contributed by atoms with Crippen LogP contribution in [0.25, 0.3) is 0 Å². The Morgan fingerprint density at radius 1 is 1.23 bits per heavy atom. The molecule has 3 rings (SSSR count). The molecule has 1 aliphatic heterocycles. The summed E-state index contributed by atoms with van der Waals surface area (Å²) in [5.41, 5.74) is 4.37. The molecule has 0 saturated heterocycles. The Morgan fingerprint density at radius 2 is 2.00 bits per heavy atom. The molecule has 0 saturated carbocycles. The molecule has 0 aliphatic carbocycles. The average Bonchev–Trinajstić information content (AvgIpc) is 2.73. The van der Waals surface area contributed by atoms with E-state index >= 15 is 0 Å². The smallest absolute Gasteiger partial charge is 0.335 e. The second-order valence-electron chi connectivity index (χ2n) is 6.43. The fraction of sp³-hybridized carbons (Fsp3) is 0.200. The summed E-state index contributed by atoms with van der Waals surface area (Å²) in [5.74, 6) is -1.45. The van der Waals surface area contributed by atoms with Crippen LogP contribution in [0.15, 0.2) is 53.6 Å². The van der Waals surface area contributed by atoms with Crippen LogP contribution in [0.3, 0.4) is 0 Å². The van der Waals surface area contributed by atoms with Crippen molar-refractivity contribution in [2.45, 2.75) is 12.5 Å². The quantitative estimate of drug-likeness (QED) is 0.505. The van der Waals surface area contributed by atoms with Gasteiger partial charge >= 0.3 is 12.0 Å². The van der Waals surface area contributed by atoms with E-state index in [2.05, 4.69) is 21.2 Å². The molecule has 1 heterocycles. The van der Waals surface area contributed by atoms with Gasteiger partial charge in [0.15, 0.2) is 6.61 Å².